The highest BCUT2D eigenvalue weighted by Crippen LogP contribution is 3.02. The van der Waals surface area contributed by atoms with Crippen LogP contribution in [0.4, 0.5) is 19.4 Å². The summed E-state index contributed by atoms with van der Waals surface area (Å²) >= 11 is 0. The highest BCUT2D eigenvalue weighted by Gasteiger charge is 2.65. The van der Waals surface area contributed by atoms with Crippen LogP contribution in [0.1, 0.15) is 39.7 Å². The van der Waals surface area contributed by atoms with E-state index in [2.05, 4.69) is 16.0 Å². The zero-order chi connectivity index (χ0) is 21.6. The van der Waals surface area contributed by atoms with Gasteiger partial charge in [0.2, 0.25) is 11.8 Å². The van der Waals surface area contributed by atoms with Crippen LogP contribution in [-0.4, -0.2) is 24.0 Å². The van der Waals surface area contributed by atoms with E-state index < -0.39 is 38.8 Å². The molecule has 0 radical (unpaired) electrons. The van der Waals surface area contributed by atoms with Crippen molar-refractivity contribution < 1.29 is 29.0 Å². The molecule has 0 aromatic heterocycles. The molecule has 1 aliphatic rings. The lowest BCUT2D eigenvalue weighted by Crippen LogP contribution is -2.62. The van der Waals surface area contributed by atoms with E-state index in [-0.39, 0.29) is 23.8 Å². The predicted octanol–water partition coefficient (Wildman–Crippen LogP) is 4.16. The van der Waals surface area contributed by atoms with Gasteiger partial charge in [-0.1, -0.05) is 45.4 Å². The van der Waals surface area contributed by atoms with Gasteiger partial charge in [-0.05, 0) is 37.5 Å². The summed E-state index contributed by atoms with van der Waals surface area (Å²) in [6, 6.07) is 1.73. The Labute approximate surface area is 160 Å². The van der Waals surface area contributed by atoms with Crippen LogP contribution < -0.4 is 16.0 Å². The Hall–Kier alpha value is -1.88. The van der Waals surface area contributed by atoms with Crippen molar-refractivity contribution in [2.75, 3.05) is 0 Å². The number of hydrogen-bond acceptors (Lipinski definition) is 3. The first-order valence-electron chi connectivity index (χ1n) is 8.64. The molecule has 1 aromatic carbocycles. The molecule has 0 spiro atoms. The summed E-state index contributed by atoms with van der Waals surface area (Å²) < 4.78 is 64.7. The van der Waals surface area contributed by atoms with Crippen molar-refractivity contribution in [2.24, 2.45) is 5.92 Å². The Morgan fingerprint density at radius 3 is 2.14 bits per heavy atom. The summed E-state index contributed by atoms with van der Waals surface area (Å²) in [6.45, 7) is 6.74. The van der Waals surface area contributed by atoms with E-state index in [1.54, 1.807) is 27.7 Å². The summed E-state index contributed by atoms with van der Waals surface area (Å²) in [5, 5.41) is 8.27. The van der Waals surface area contributed by atoms with Crippen LogP contribution in [-0.2, 0) is 15.1 Å². The van der Waals surface area contributed by atoms with Gasteiger partial charge in [0, 0.05) is 0 Å². The van der Waals surface area contributed by atoms with Crippen LogP contribution in [0.3, 0.4) is 0 Å². The standard InChI is InChI=1S/C17H24F5N3O2S/c1-10(2)17(4,25-16(27)14-9-15(26)24-11(3)23-14)12-5-7-13(8-6-12)28(18,19,20,21)22/h5-8,10-11,14,23H,9H2,1-4H3,(H,24,26)(H,25,27). The second-order valence-corrected chi connectivity index (χ2v) is 9.96. The lowest BCUT2D eigenvalue weighted by molar-refractivity contribution is -0.133. The third-order valence-corrected chi connectivity index (χ3v) is 6.13. The topological polar surface area (TPSA) is 70.2 Å². The molecule has 1 heterocycles. The molecule has 2 rings (SSSR count). The number of rotatable bonds is 5. The van der Waals surface area contributed by atoms with E-state index in [0.717, 1.165) is 12.1 Å². The van der Waals surface area contributed by atoms with Gasteiger partial charge in [-0.15, -0.1) is 0 Å². The first-order chi connectivity index (χ1) is 12.4. The highest BCUT2D eigenvalue weighted by atomic mass is 32.5. The number of amides is 2. The van der Waals surface area contributed by atoms with E-state index in [0.29, 0.717) is 12.1 Å². The molecular formula is C17H24F5N3O2S. The predicted molar refractivity (Wildman–Crippen MR) is 97.3 cm³/mol. The average Bonchev–Trinajstić information content (AvgIpc) is 2.51. The van der Waals surface area contributed by atoms with E-state index in [4.69, 9.17) is 0 Å². The number of halogens is 5. The van der Waals surface area contributed by atoms with Crippen molar-refractivity contribution in [3.05, 3.63) is 29.8 Å². The minimum Gasteiger partial charge on any atom is -0.345 e. The van der Waals surface area contributed by atoms with Crippen molar-refractivity contribution in [3.8, 4) is 0 Å². The quantitative estimate of drug-likeness (QED) is 0.616. The summed E-state index contributed by atoms with van der Waals surface area (Å²) in [6.07, 6.45) is -0.507. The van der Waals surface area contributed by atoms with Crippen LogP contribution in [0.25, 0.3) is 0 Å². The molecule has 160 valence electrons. The van der Waals surface area contributed by atoms with E-state index in [1.165, 1.54) is 0 Å². The Bertz CT molecular complexity index is 783. The van der Waals surface area contributed by atoms with E-state index >= 15 is 0 Å². The summed E-state index contributed by atoms with van der Waals surface area (Å²) in [7, 11) is -9.77. The monoisotopic (exact) mass is 429 g/mol. The van der Waals surface area contributed by atoms with Crippen molar-refractivity contribution in [3.63, 3.8) is 0 Å². The van der Waals surface area contributed by atoms with Crippen molar-refractivity contribution in [2.45, 2.75) is 56.8 Å². The van der Waals surface area contributed by atoms with Gasteiger partial charge in [0.15, 0.2) is 0 Å². The minimum atomic E-state index is -9.77. The van der Waals surface area contributed by atoms with Crippen molar-refractivity contribution in [1.82, 2.24) is 16.0 Å². The van der Waals surface area contributed by atoms with Gasteiger partial charge in [0.05, 0.1) is 24.2 Å². The average molecular weight is 429 g/mol. The Balaban J connectivity index is 2.31. The maximum atomic E-state index is 12.9. The molecule has 3 N–H and O–H groups in total. The SMILES string of the molecule is CC1NC(=O)CC(C(=O)NC(C)(c2ccc(S(F)(F)(F)(F)F)cc2)C(C)C)N1. The smallest absolute Gasteiger partial charge is 0.310 e. The lowest BCUT2D eigenvalue weighted by atomic mass is 9.81. The van der Waals surface area contributed by atoms with Crippen LogP contribution in [0.15, 0.2) is 29.2 Å². The third-order valence-electron chi connectivity index (χ3n) is 4.97. The van der Waals surface area contributed by atoms with Crippen LogP contribution >= 0.6 is 10.2 Å². The Morgan fingerprint density at radius 1 is 1.18 bits per heavy atom. The zero-order valence-corrected chi connectivity index (χ0v) is 16.7. The number of hydrogen-bond donors (Lipinski definition) is 3. The van der Waals surface area contributed by atoms with Gasteiger partial charge in [0.25, 0.3) is 0 Å². The molecule has 11 heteroatoms. The van der Waals surface area contributed by atoms with Gasteiger partial charge in [-0.3, -0.25) is 14.9 Å². The molecule has 0 saturated carbocycles. The Kier molecular flexibility index (Phi) is 5.05. The molecule has 1 fully saturated rings. The van der Waals surface area contributed by atoms with Gasteiger partial charge in [-0.2, -0.15) is 0 Å². The van der Waals surface area contributed by atoms with Gasteiger partial charge in [0.1, 0.15) is 4.90 Å². The Morgan fingerprint density at radius 2 is 1.71 bits per heavy atom. The van der Waals surface area contributed by atoms with Crippen LogP contribution in [0.5, 0.6) is 0 Å². The molecule has 1 aromatic rings. The molecular weight excluding hydrogens is 405 g/mol. The maximum Gasteiger partial charge on any atom is 0.310 e. The first kappa shape index (κ1) is 22.4. The second-order valence-electron chi connectivity index (χ2n) is 7.55. The summed E-state index contributed by atoms with van der Waals surface area (Å²) in [5.74, 6) is -1.09. The highest BCUT2D eigenvalue weighted by molar-refractivity contribution is 8.45. The fourth-order valence-corrected chi connectivity index (χ4v) is 3.66. The van der Waals surface area contributed by atoms with Crippen LogP contribution in [0, 0.1) is 5.92 Å². The zero-order valence-electron chi connectivity index (χ0n) is 15.9. The fourth-order valence-electron chi connectivity index (χ4n) is 3.01. The van der Waals surface area contributed by atoms with Crippen molar-refractivity contribution >= 4 is 22.0 Å². The maximum absolute atomic E-state index is 12.9. The lowest BCUT2D eigenvalue weighted by Gasteiger charge is -2.41. The molecule has 3 unspecified atom stereocenters. The van der Waals surface area contributed by atoms with Crippen molar-refractivity contribution in [1.29, 1.82) is 0 Å². The summed E-state index contributed by atoms with van der Waals surface area (Å²) in [4.78, 5) is 22.3. The largest absolute Gasteiger partial charge is 0.345 e. The second kappa shape index (κ2) is 6.31. The number of benzene rings is 1. The number of carbonyl (C=O) groups excluding carboxylic acids is 2. The molecule has 3 atom stereocenters. The van der Waals surface area contributed by atoms with Gasteiger partial charge < -0.3 is 10.6 Å². The number of carbonyl (C=O) groups is 2. The molecule has 2 amide bonds. The normalized spacial score (nSPS) is 25.3. The van der Waals surface area contributed by atoms with E-state index in [1.807, 2.05) is 0 Å². The molecule has 5 nitrogen and oxygen atoms in total. The third kappa shape index (κ3) is 4.93. The van der Waals surface area contributed by atoms with E-state index in [9.17, 15) is 29.0 Å². The molecule has 0 bridgehead atoms. The molecule has 0 aliphatic carbocycles. The first-order valence-corrected chi connectivity index (χ1v) is 10.6. The summed E-state index contributed by atoms with van der Waals surface area (Å²) in [5.41, 5.74) is -0.888. The van der Waals surface area contributed by atoms with Gasteiger partial charge >= 0.3 is 10.2 Å². The number of nitrogens with one attached hydrogen (secondary N) is 3. The fraction of sp³-hybridized carbons (Fsp3) is 0.529. The molecule has 1 aliphatic heterocycles. The van der Waals surface area contributed by atoms with Crippen LogP contribution in [0.2, 0.25) is 0 Å². The minimum absolute atomic E-state index is 0.0898. The molecule has 1 saturated heterocycles. The van der Waals surface area contributed by atoms with Gasteiger partial charge in [-0.25, -0.2) is 0 Å². The molecule has 28 heavy (non-hydrogen) atoms.